The molecule has 1 N–H and O–H groups in total. The van der Waals surface area contributed by atoms with E-state index in [0.29, 0.717) is 22.9 Å². The van der Waals surface area contributed by atoms with Crippen LogP contribution in [0.25, 0.3) is 10.9 Å². The number of methoxy groups -OCH3 is 2. The molecule has 7 heteroatoms. The minimum atomic E-state index is -0.372. The van der Waals surface area contributed by atoms with Gasteiger partial charge in [-0.05, 0) is 24.3 Å². The highest BCUT2D eigenvalue weighted by Gasteiger charge is 2.12. The second-order valence-corrected chi connectivity index (χ2v) is 5.83. The molecule has 3 aromatic rings. The van der Waals surface area contributed by atoms with Crippen molar-refractivity contribution in [1.82, 2.24) is 4.57 Å². The highest BCUT2D eigenvalue weighted by molar-refractivity contribution is 5.94. The number of nitrogens with zero attached hydrogens (tertiary/aromatic N) is 1. The molecule has 140 valence electrons. The van der Waals surface area contributed by atoms with Gasteiger partial charge in [-0.1, -0.05) is 12.1 Å². The molecule has 1 aromatic heterocycles. The normalized spacial score (nSPS) is 10.5. The highest BCUT2D eigenvalue weighted by atomic mass is 16.5. The van der Waals surface area contributed by atoms with Crippen LogP contribution in [0.3, 0.4) is 0 Å². The summed E-state index contributed by atoms with van der Waals surface area (Å²) in [6, 6.07) is 13.8. The summed E-state index contributed by atoms with van der Waals surface area (Å²) in [4.78, 5) is 24.4. The summed E-state index contributed by atoms with van der Waals surface area (Å²) in [5.74, 6) is 1.09. The number of carbonyl (C=O) groups is 1. The summed E-state index contributed by atoms with van der Waals surface area (Å²) in [7, 11) is 4.75. The molecule has 0 saturated carbocycles. The molecule has 1 heterocycles. The molecule has 0 atom stereocenters. The van der Waals surface area contributed by atoms with Crippen molar-refractivity contribution in [2.45, 2.75) is 0 Å². The number of rotatable bonds is 6. The maximum Gasteiger partial charge on any atom is 0.262 e. The standard InChI is InChI=1S/C20H20N2O5/c1-22-16-7-5-4-6-14(16)17(11-20(22)24)27-12-19(23)21-15-9-8-13(25-2)10-18(15)26-3/h4-11H,12H2,1-3H3,(H,21,23). The SMILES string of the molecule is COc1ccc(NC(=O)COc2cc(=O)n(C)c3ccccc23)c(OC)c1. The zero-order chi connectivity index (χ0) is 19.4. The zero-order valence-corrected chi connectivity index (χ0v) is 15.3. The Morgan fingerprint density at radius 2 is 1.81 bits per heavy atom. The van der Waals surface area contributed by atoms with Crippen LogP contribution >= 0.6 is 0 Å². The average molecular weight is 368 g/mol. The number of fused-ring (bicyclic) bond motifs is 1. The maximum absolute atomic E-state index is 12.3. The number of hydrogen-bond donors (Lipinski definition) is 1. The minimum absolute atomic E-state index is 0.207. The van der Waals surface area contributed by atoms with Gasteiger partial charge in [0.15, 0.2) is 6.61 Å². The summed E-state index contributed by atoms with van der Waals surface area (Å²) >= 11 is 0. The van der Waals surface area contributed by atoms with Gasteiger partial charge in [-0.3, -0.25) is 9.59 Å². The van der Waals surface area contributed by atoms with Crippen LogP contribution in [0.15, 0.2) is 53.3 Å². The summed E-state index contributed by atoms with van der Waals surface area (Å²) in [5, 5.41) is 3.49. The number of carbonyl (C=O) groups excluding carboxylic acids is 1. The Morgan fingerprint density at radius 3 is 2.56 bits per heavy atom. The molecule has 0 aliphatic carbocycles. The van der Waals surface area contributed by atoms with Gasteiger partial charge in [-0.2, -0.15) is 0 Å². The van der Waals surface area contributed by atoms with Crippen molar-refractivity contribution < 1.29 is 19.0 Å². The van der Waals surface area contributed by atoms with Crippen LogP contribution in [-0.2, 0) is 11.8 Å². The molecule has 0 saturated heterocycles. The first-order valence-corrected chi connectivity index (χ1v) is 8.27. The Balaban J connectivity index is 1.76. The molecule has 0 bridgehead atoms. The van der Waals surface area contributed by atoms with Crippen molar-refractivity contribution in [3.05, 3.63) is 58.9 Å². The van der Waals surface area contributed by atoms with E-state index in [0.717, 1.165) is 10.9 Å². The van der Waals surface area contributed by atoms with Crippen LogP contribution in [0.4, 0.5) is 5.69 Å². The fraction of sp³-hybridized carbons (Fsp3) is 0.200. The van der Waals surface area contributed by atoms with Crippen molar-refractivity contribution in [3.63, 3.8) is 0 Å². The molecule has 27 heavy (non-hydrogen) atoms. The molecule has 0 aliphatic heterocycles. The Kier molecular flexibility index (Phi) is 5.30. The van der Waals surface area contributed by atoms with Gasteiger partial charge < -0.3 is 24.1 Å². The van der Waals surface area contributed by atoms with Gasteiger partial charge in [-0.25, -0.2) is 0 Å². The first-order chi connectivity index (χ1) is 13.0. The van der Waals surface area contributed by atoms with Crippen molar-refractivity contribution in [2.75, 3.05) is 26.1 Å². The highest BCUT2D eigenvalue weighted by Crippen LogP contribution is 2.29. The largest absolute Gasteiger partial charge is 0.497 e. The quantitative estimate of drug-likeness (QED) is 0.723. The smallest absolute Gasteiger partial charge is 0.262 e. The number of anilines is 1. The first-order valence-electron chi connectivity index (χ1n) is 8.27. The number of hydrogen-bond acceptors (Lipinski definition) is 5. The third-order valence-corrected chi connectivity index (χ3v) is 4.16. The van der Waals surface area contributed by atoms with E-state index in [9.17, 15) is 9.59 Å². The van der Waals surface area contributed by atoms with Gasteiger partial charge >= 0.3 is 0 Å². The minimum Gasteiger partial charge on any atom is -0.497 e. The lowest BCUT2D eigenvalue weighted by Crippen LogP contribution is -2.22. The number of para-hydroxylation sites is 1. The van der Waals surface area contributed by atoms with E-state index >= 15 is 0 Å². The molecule has 1 amide bonds. The molecule has 3 rings (SSSR count). The molecule has 7 nitrogen and oxygen atoms in total. The van der Waals surface area contributed by atoms with Crippen LogP contribution in [0.2, 0.25) is 0 Å². The van der Waals surface area contributed by atoms with E-state index in [2.05, 4.69) is 5.32 Å². The monoisotopic (exact) mass is 368 g/mol. The number of aromatic nitrogens is 1. The van der Waals surface area contributed by atoms with Crippen LogP contribution in [0.5, 0.6) is 17.2 Å². The second-order valence-electron chi connectivity index (χ2n) is 5.83. The predicted molar refractivity (Wildman–Crippen MR) is 103 cm³/mol. The van der Waals surface area contributed by atoms with Crippen LogP contribution < -0.4 is 25.1 Å². The average Bonchev–Trinajstić information content (AvgIpc) is 2.70. The van der Waals surface area contributed by atoms with Crippen molar-refractivity contribution in [3.8, 4) is 17.2 Å². The van der Waals surface area contributed by atoms with Gasteiger partial charge in [0, 0.05) is 24.6 Å². The number of aryl methyl sites for hydroxylation is 1. The van der Waals surface area contributed by atoms with Gasteiger partial charge in [0.25, 0.3) is 11.5 Å². The predicted octanol–water partition coefficient (Wildman–Crippen LogP) is 2.57. The molecule has 0 aliphatic rings. The molecule has 0 unspecified atom stereocenters. The first kappa shape index (κ1) is 18.3. The van der Waals surface area contributed by atoms with Crippen molar-refractivity contribution in [1.29, 1.82) is 0 Å². The Morgan fingerprint density at radius 1 is 1.04 bits per heavy atom. The van der Waals surface area contributed by atoms with Crippen molar-refractivity contribution >= 4 is 22.5 Å². The molecule has 2 aromatic carbocycles. The molecule has 0 fully saturated rings. The topological polar surface area (TPSA) is 78.8 Å². The summed E-state index contributed by atoms with van der Waals surface area (Å²) < 4.78 is 17.5. The Bertz CT molecular complexity index is 1040. The van der Waals surface area contributed by atoms with E-state index < -0.39 is 0 Å². The third kappa shape index (κ3) is 3.87. The third-order valence-electron chi connectivity index (χ3n) is 4.16. The lowest BCUT2D eigenvalue weighted by atomic mass is 10.2. The van der Waals surface area contributed by atoms with E-state index in [1.54, 1.807) is 32.4 Å². The van der Waals surface area contributed by atoms with E-state index in [4.69, 9.17) is 14.2 Å². The summed E-state index contributed by atoms with van der Waals surface area (Å²) in [5.41, 5.74) is 1.03. The van der Waals surface area contributed by atoms with Crippen molar-refractivity contribution in [2.24, 2.45) is 7.05 Å². The van der Waals surface area contributed by atoms with E-state index in [1.807, 2.05) is 24.3 Å². The molecular formula is C20H20N2O5. The molecule has 0 spiro atoms. The van der Waals surface area contributed by atoms with E-state index in [1.165, 1.54) is 17.7 Å². The molecular weight excluding hydrogens is 348 g/mol. The second kappa shape index (κ2) is 7.82. The van der Waals surface area contributed by atoms with Crippen LogP contribution in [0, 0.1) is 0 Å². The fourth-order valence-electron chi connectivity index (χ4n) is 2.73. The van der Waals surface area contributed by atoms with Crippen LogP contribution in [0.1, 0.15) is 0 Å². The molecule has 0 radical (unpaired) electrons. The van der Waals surface area contributed by atoms with Gasteiger partial charge in [0.2, 0.25) is 0 Å². The maximum atomic E-state index is 12.3. The Labute approximate surface area is 156 Å². The lowest BCUT2D eigenvalue weighted by Gasteiger charge is -2.13. The number of benzene rings is 2. The number of pyridine rings is 1. The zero-order valence-electron chi connectivity index (χ0n) is 15.3. The number of nitrogens with one attached hydrogen (secondary N) is 1. The van der Waals surface area contributed by atoms with E-state index in [-0.39, 0.29) is 18.1 Å². The number of ether oxygens (including phenoxy) is 3. The lowest BCUT2D eigenvalue weighted by molar-refractivity contribution is -0.118. The summed E-state index contributed by atoms with van der Waals surface area (Å²) in [6.45, 7) is -0.244. The number of amides is 1. The van der Waals surface area contributed by atoms with Gasteiger partial charge in [0.05, 0.1) is 25.4 Å². The Hall–Kier alpha value is -3.48. The fourth-order valence-corrected chi connectivity index (χ4v) is 2.73. The van der Waals surface area contributed by atoms with Crippen LogP contribution in [-0.4, -0.2) is 31.3 Å². The van der Waals surface area contributed by atoms with Gasteiger partial charge in [-0.15, -0.1) is 0 Å². The van der Waals surface area contributed by atoms with Gasteiger partial charge in [0.1, 0.15) is 17.2 Å². The summed E-state index contributed by atoms with van der Waals surface area (Å²) in [6.07, 6.45) is 0.